The normalized spacial score (nSPS) is 10.9. The molecular formula is C18H23ClN6O. The molecule has 0 aliphatic carbocycles. The van der Waals surface area contributed by atoms with Gasteiger partial charge in [0.2, 0.25) is 5.95 Å². The van der Waals surface area contributed by atoms with Gasteiger partial charge in [-0.3, -0.25) is 0 Å². The molecule has 3 aromatic rings. The Bertz CT molecular complexity index is 872. The number of hydrogen-bond acceptors (Lipinski definition) is 5. The van der Waals surface area contributed by atoms with E-state index in [2.05, 4.69) is 34.2 Å². The van der Waals surface area contributed by atoms with Crippen molar-refractivity contribution in [3.8, 4) is 11.4 Å². The summed E-state index contributed by atoms with van der Waals surface area (Å²) in [5.41, 5.74) is 1.71. The minimum Gasteiger partial charge on any atom is -0.494 e. The van der Waals surface area contributed by atoms with Crippen LogP contribution in [-0.4, -0.2) is 31.4 Å². The van der Waals surface area contributed by atoms with Crippen molar-refractivity contribution in [3.05, 3.63) is 41.7 Å². The third-order valence-corrected chi connectivity index (χ3v) is 4.25. The lowest BCUT2D eigenvalue weighted by molar-refractivity contribution is 0.413. The van der Waals surface area contributed by atoms with E-state index in [1.54, 1.807) is 19.6 Å². The van der Waals surface area contributed by atoms with Crippen LogP contribution in [0.1, 0.15) is 32.5 Å². The van der Waals surface area contributed by atoms with Crippen molar-refractivity contribution in [2.24, 2.45) is 0 Å². The molecule has 2 heterocycles. The first kappa shape index (κ1) is 18.3. The molecule has 0 saturated carbocycles. The van der Waals surface area contributed by atoms with Crippen molar-refractivity contribution in [1.82, 2.24) is 24.3 Å². The van der Waals surface area contributed by atoms with Crippen LogP contribution in [0.3, 0.4) is 0 Å². The third-order valence-electron chi connectivity index (χ3n) is 4.05. The highest BCUT2D eigenvalue weighted by atomic mass is 35.5. The van der Waals surface area contributed by atoms with E-state index in [4.69, 9.17) is 16.3 Å². The Morgan fingerprint density at radius 3 is 2.77 bits per heavy atom. The molecule has 3 rings (SSSR count). The number of halogens is 1. The number of hydrogen-bond donors (Lipinski definition) is 1. The van der Waals surface area contributed by atoms with Crippen LogP contribution in [0, 0.1) is 0 Å². The fourth-order valence-corrected chi connectivity index (χ4v) is 2.85. The molecule has 0 radical (unpaired) electrons. The molecule has 2 aromatic heterocycles. The molecule has 7 nitrogen and oxygen atoms in total. The lowest BCUT2D eigenvalue weighted by atomic mass is 10.2. The number of ether oxygens (including phenoxy) is 1. The molecule has 26 heavy (non-hydrogen) atoms. The van der Waals surface area contributed by atoms with Crippen LogP contribution in [0.4, 0.5) is 11.6 Å². The van der Waals surface area contributed by atoms with Gasteiger partial charge in [0.25, 0.3) is 0 Å². The highest BCUT2D eigenvalue weighted by Gasteiger charge is 2.11. The van der Waals surface area contributed by atoms with Crippen molar-refractivity contribution >= 4 is 23.2 Å². The number of methoxy groups -OCH3 is 1. The van der Waals surface area contributed by atoms with Crippen molar-refractivity contribution in [1.29, 1.82) is 0 Å². The first-order valence-corrected chi connectivity index (χ1v) is 9.11. The molecular weight excluding hydrogens is 352 g/mol. The monoisotopic (exact) mass is 374 g/mol. The van der Waals surface area contributed by atoms with Gasteiger partial charge >= 0.3 is 0 Å². The second kappa shape index (κ2) is 8.23. The number of anilines is 2. The maximum Gasteiger partial charge on any atom is 0.246 e. The van der Waals surface area contributed by atoms with E-state index in [0.717, 1.165) is 43.0 Å². The topological polar surface area (TPSA) is 69.8 Å². The van der Waals surface area contributed by atoms with E-state index in [0.29, 0.717) is 16.9 Å². The predicted octanol–water partition coefficient (Wildman–Crippen LogP) is 4.23. The lowest BCUT2D eigenvalue weighted by Gasteiger charge is -2.11. The van der Waals surface area contributed by atoms with Crippen molar-refractivity contribution in [2.45, 2.75) is 39.7 Å². The zero-order valence-electron chi connectivity index (χ0n) is 15.2. The highest BCUT2D eigenvalue weighted by molar-refractivity contribution is 6.29. The fraction of sp³-hybridized carbons (Fsp3) is 0.389. The smallest absolute Gasteiger partial charge is 0.246 e. The van der Waals surface area contributed by atoms with E-state index in [9.17, 15) is 0 Å². The number of imidazole rings is 1. The molecule has 138 valence electrons. The van der Waals surface area contributed by atoms with Crippen LogP contribution in [-0.2, 0) is 13.0 Å². The lowest BCUT2D eigenvalue weighted by Crippen LogP contribution is -2.04. The second-order valence-corrected chi connectivity index (χ2v) is 6.28. The van der Waals surface area contributed by atoms with E-state index in [-0.39, 0.29) is 0 Å². The molecule has 0 saturated heterocycles. The zero-order chi connectivity index (χ0) is 18.5. The molecule has 0 fully saturated rings. The van der Waals surface area contributed by atoms with Crippen LogP contribution in [0.5, 0.6) is 5.75 Å². The molecule has 1 N–H and O–H groups in total. The quantitative estimate of drug-likeness (QED) is 0.638. The standard InChI is InChI=1S/C18H23ClN6O/c1-4-6-9-25-17(5-2)22-18(23-25)21-13-7-8-14(15(10-13)26-3)24-11-16(19)20-12-24/h7-8,10-12H,4-6,9H2,1-3H3,(H,21,23). The van der Waals surface area contributed by atoms with Gasteiger partial charge in [0.15, 0.2) is 0 Å². The molecule has 0 unspecified atom stereocenters. The van der Waals surface area contributed by atoms with Crippen LogP contribution >= 0.6 is 11.6 Å². The second-order valence-electron chi connectivity index (χ2n) is 5.90. The summed E-state index contributed by atoms with van der Waals surface area (Å²) in [6, 6.07) is 5.79. The Morgan fingerprint density at radius 1 is 1.27 bits per heavy atom. The van der Waals surface area contributed by atoms with Gasteiger partial charge in [0.1, 0.15) is 23.1 Å². The molecule has 0 bridgehead atoms. The number of aryl methyl sites for hydroxylation is 2. The Labute approximate surface area is 158 Å². The number of nitrogens with zero attached hydrogens (tertiary/aromatic N) is 5. The van der Waals surface area contributed by atoms with Gasteiger partial charge in [-0.05, 0) is 18.6 Å². The molecule has 8 heteroatoms. The van der Waals surface area contributed by atoms with E-state index in [1.807, 2.05) is 27.4 Å². The van der Waals surface area contributed by atoms with Gasteiger partial charge in [0, 0.05) is 30.9 Å². The summed E-state index contributed by atoms with van der Waals surface area (Å²) in [6.07, 6.45) is 6.45. The van der Waals surface area contributed by atoms with Crippen LogP contribution in [0.15, 0.2) is 30.7 Å². The number of rotatable bonds is 8. The number of benzene rings is 1. The Hall–Kier alpha value is -2.54. The highest BCUT2D eigenvalue weighted by Crippen LogP contribution is 2.28. The Balaban J connectivity index is 1.83. The van der Waals surface area contributed by atoms with Gasteiger partial charge in [-0.2, -0.15) is 4.98 Å². The molecule has 0 amide bonds. The summed E-state index contributed by atoms with van der Waals surface area (Å²) < 4.78 is 9.31. The number of unbranched alkanes of at least 4 members (excludes halogenated alkanes) is 1. The van der Waals surface area contributed by atoms with Gasteiger partial charge in [-0.25, -0.2) is 9.67 Å². The minimum atomic E-state index is 0.433. The summed E-state index contributed by atoms with van der Waals surface area (Å²) in [5, 5.41) is 8.27. The molecule has 0 aliphatic heterocycles. The summed E-state index contributed by atoms with van der Waals surface area (Å²) in [6.45, 7) is 5.14. The van der Waals surface area contributed by atoms with Gasteiger partial charge in [-0.1, -0.05) is 31.9 Å². The van der Waals surface area contributed by atoms with Crippen LogP contribution in [0.2, 0.25) is 5.15 Å². The maximum atomic E-state index is 5.91. The van der Waals surface area contributed by atoms with Gasteiger partial charge < -0.3 is 14.6 Å². The van der Waals surface area contributed by atoms with Crippen molar-refractivity contribution in [2.75, 3.05) is 12.4 Å². The van der Waals surface area contributed by atoms with E-state index >= 15 is 0 Å². The Kier molecular flexibility index (Phi) is 5.78. The molecule has 0 spiro atoms. The first-order valence-electron chi connectivity index (χ1n) is 8.73. The fourth-order valence-electron chi connectivity index (χ4n) is 2.70. The number of aromatic nitrogens is 5. The summed E-state index contributed by atoms with van der Waals surface area (Å²) >= 11 is 5.91. The largest absolute Gasteiger partial charge is 0.494 e. The van der Waals surface area contributed by atoms with E-state index < -0.39 is 0 Å². The van der Waals surface area contributed by atoms with E-state index in [1.165, 1.54) is 0 Å². The summed E-state index contributed by atoms with van der Waals surface area (Å²) in [7, 11) is 1.63. The van der Waals surface area contributed by atoms with Crippen molar-refractivity contribution < 1.29 is 4.74 Å². The maximum absolute atomic E-state index is 5.91. The van der Waals surface area contributed by atoms with Gasteiger partial charge in [0.05, 0.1) is 12.8 Å². The van der Waals surface area contributed by atoms with Crippen molar-refractivity contribution in [3.63, 3.8) is 0 Å². The molecule has 1 aromatic carbocycles. The summed E-state index contributed by atoms with van der Waals surface area (Å²) in [5.74, 6) is 2.28. The predicted molar refractivity (Wildman–Crippen MR) is 103 cm³/mol. The first-order chi connectivity index (χ1) is 12.6. The third kappa shape index (κ3) is 3.99. The average Bonchev–Trinajstić information content (AvgIpc) is 3.25. The molecule has 0 aliphatic rings. The SMILES string of the molecule is CCCCn1nc(Nc2ccc(-n3cnc(Cl)c3)c(OC)c2)nc1CC. The van der Waals surface area contributed by atoms with Crippen LogP contribution < -0.4 is 10.1 Å². The number of nitrogens with one attached hydrogen (secondary N) is 1. The zero-order valence-corrected chi connectivity index (χ0v) is 16.0. The summed E-state index contributed by atoms with van der Waals surface area (Å²) in [4.78, 5) is 8.62. The average molecular weight is 375 g/mol. The minimum absolute atomic E-state index is 0.433. The van der Waals surface area contributed by atoms with Gasteiger partial charge in [-0.15, -0.1) is 5.10 Å². The Morgan fingerprint density at radius 2 is 2.12 bits per heavy atom. The molecule has 0 atom stereocenters. The van der Waals surface area contributed by atoms with Crippen LogP contribution in [0.25, 0.3) is 5.69 Å².